The first kappa shape index (κ1) is 11.8. The molecular weight excluding hydrogens is 224 g/mol. The van der Waals surface area contributed by atoms with Crippen molar-refractivity contribution in [3.63, 3.8) is 0 Å². The van der Waals surface area contributed by atoms with E-state index in [1.807, 2.05) is 6.07 Å². The largest absolute Gasteiger partial charge is 0.398 e. The number of nitrogens with two attached hydrogens (primary N) is 1. The number of anilines is 2. The van der Waals surface area contributed by atoms with E-state index in [2.05, 4.69) is 24.8 Å². The predicted octanol–water partition coefficient (Wildman–Crippen LogP) is 2.50. The maximum Gasteiger partial charge on any atom is 0.0472 e. The van der Waals surface area contributed by atoms with Crippen molar-refractivity contribution in [2.24, 2.45) is 5.41 Å². The number of benzene rings is 1. The average Bonchev–Trinajstić information content (AvgIpc) is 2.34. The van der Waals surface area contributed by atoms with E-state index in [4.69, 9.17) is 10.5 Å². The van der Waals surface area contributed by atoms with Crippen LogP contribution >= 0.6 is 0 Å². The summed E-state index contributed by atoms with van der Waals surface area (Å²) >= 11 is 0. The molecule has 0 unspecified atom stereocenters. The van der Waals surface area contributed by atoms with Crippen LogP contribution in [-0.4, -0.2) is 26.3 Å². The van der Waals surface area contributed by atoms with Crippen LogP contribution in [0, 0.1) is 19.3 Å². The van der Waals surface area contributed by atoms with E-state index in [0.29, 0.717) is 5.41 Å². The first-order chi connectivity index (χ1) is 8.61. The minimum Gasteiger partial charge on any atom is -0.398 e. The average molecular weight is 246 g/mol. The zero-order valence-corrected chi connectivity index (χ0v) is 11.3. The molecule has 0 atom stereocenters. The van der Waals surface area contributed by atoms with Gasteiger partial charge in [0.15, 0.2) is 0 Å². The number of nitrogen functional groups attached to an aromatic ring is 1. The quantitative estimate of drug-likeness (QED) is 0.774. The van der Waals surface area contributed by atoms with Gasteiger partial charge in [0.05, 0.1) is 0 Å². The lowest BCUT2D eigenvalue weighted by atomic mass is 9.73. The maximum absolute atomic E-state index is 6.03. The van der Waals surface area contributed by atoms with Gasteiger partial charge in [0.25, 0.3) is 0 Å². The molecule has 2 N–H and O–H groups in total. The molecule has 2 saturated heterocycles. The summed E-state index contributed by atoms with van der Waals surface area (Å²) in [6, 6.07) is 4.14. The molecule has 2 aliphatic heterocycles. The topological polar surface area (TPSA) is 38.5 Å². The van der Waals surface area contributed by atoms with Gasteiger partial charge in [0, 0.05) is 43.1 Å². The Morgan fingerprint density at radius 3 is 2.50 bits per heavy atom. The van der Waals surface area contributed by atoms with Crippen LogP contribution in [0.1, 0.15) is 24.0 Å². The SMILES string of the molecule is Cc1ccc(N)c(C)c1N1CC2(CCOCC2)C1. The number of hydrogen-bond acceptors (Lipinski definition) is 3. The fourth-order valence-corrected chi connectivity index (χ4v) is 3.38. The Kier molecular flexibility index (Phi) is 2.74. The molecule has 3 nitrogen and oxygen atoms in total. The second kappa shape index (κ2) is 4.16. The molecule has 2 fully saturated rings. The van der Waals surface area contributed by atoms with Crippen LogP contribution < -0.4 is 10.6 Å². The Morgan fingerprint density at radius 2 is 1.83 bits per heavy atom. The van der Waals surface area contributed by atoms with Gasteiger partial charge in [0.1, 0.15) is 0 Å². The third-order valence-electron chi connectivity index (χ3n) is 4.60. The molecule has 0 saturated carbocycles. The van der Waals surface area contributed by atoms with Crippen molar-refractivity contribution in [1.29, 1.82) is 0 Å². The van der Waals surface area contributed by atoms with Gasteiger partial charge in [-0.1, -0.05) is 6.07 Å². The van der Waals surface area contributed by atoms with Crippen molar-refractivity contribution in [2.45, 2.75) is 26.7 Å². The van der Waals surface area contributed by atoms with Gasteiger partial charge in [0.2, 0.25) is 0 Å². The van der Waals surface area contributed by atoms with Crippen LogP contribution in [0.25, 0.3) is 0 Å². The van der Waals surface area contributed by atoms with Crippen molar-refractivity contribution in [2.75, 3.05) is 36.9 Å². The molecule has 0 bridgehead atoms. The van der Waals surface area contributed by atoms with Crippen molar-refractivity contribution in [1.82, 2.24) is 0 Å². The van der Waals surface area contributed by atoms with Crippen molar-refractivity contribution < 1.29 is 4.74 Å². The molecule has 1 spiro atoms. The van der Waals surface area contributed by atoms with Crippen LogP contribution in [-0.2, 0) is 4.74 Å². The molecule has 0 amide bonds. The lowest BCUT2D eigenvalue weighted by molar-refractivity contribution is -0.000254. The Labute approximate surface area is 109 Å². The molecular formula is C15H22N2O. The summed E-state index contributed by atoms with van der Waals surface area (Å²) in [6.45, 7) is 8.51. The smallest absolute Gasteiger partial charge is 0.0472 e. The number of ether oxygens (including phenoxy) is 1. The monoisotopic (exact) mass is 246 g/mol. The molecule has 2 aliphatic rings. The molecule has 3 heteroatoms. The van der Waals surface area contributed by atoms with Crippen molar-refractivity contribution in [3.05, 3.63) is 23.3 Å². The Hall–Kier alpha value is -1.22. The number of nitrogens with zero attached hydrogens (tertiary/aromatic N) is 1. The Balaban J connectivity index is 1.80. The van der Waals surface area contributed by atoms with Gasteiger partial charge >= 0.3 is 0 Å². The third kappa shape index (κ3) is 1.77. The van der Waals surface area contributed by atoms with Crippen LogP contribution in [0.4, 0.5) is 11.4 Å². The zero-order chi connectivity index (χ0) is 12.8. The van der Waals surface area contributed by atoms with E-state index in [1.165, 1.54) is 42.7 Å². The number of rotatable bonds is 1. The molecule has 0 radical (unpaired) electrons. The highest BCUT2D eigenvalue weighted by Crippen LogP contribution is 2.44. The van der Waals surface area contributed by atoms with Crippen molar-refractivity contribution >= 4 is 11.4 Å². The predicted molar refractivity (Wildman–Crippen MR) is 75.0 cm³/mol. The molecule has 18 heavy (non-hydrogen) atoms. The molecule has 2 heterocycles. The van der Waals surface area contributed by atoms with Gasteiger partial charge in [-0.2, -0.15) is 0 Å². The van der Waals surface area contributed by atoms with E-state index in [-0.39, 0.29) is 0 Å². The Morgan fingerprint density at radius 1 is 1.17 bits per heavy atom. The zero-order valence-electron chi connectivity index (χ0n) is 11.3. The summed E-state index contributed by atoms with van der Waals surface area (Å²) in [4.78, 5) is 2.49. The van der Waals surface area contributed by atoms with Crippen LogP contribution in [0.5, 0.6) is 0 Å². The van der Waals surface area contributed by atoms with Gasteiger partial charge in [-0.25, -0.2) is 0 Å². The molecule has 0 aliphatic carbocycles. The Bertz CT molecular complexity index is 456. The summed E-state index contributed by atoms with van der Waals surface area (Å²) in [5.41, 5.74) is 11.4. The molecule has 0 aromatic heterocycles. The van der Waals surface area contributed by atoms with Crippen LogP contribution in [0.3, 0.4) is 0 Å². The summed E-state index contributed by atoms with van der Waals surface area (Å²) in [5, 5.41) is 0. The highest BCUT2D eigenvalue weighted by molar-refractivity contribution is 5.69. The minimum atomic E-state index is 0.516. The van der Waals surface area contributed by atoms with Gasteiger partial charge < -0.3 is 15.4 Å². The lowest BCUT2D eigenvalue weighted by Gasteiger charge is -2.54. The van der Waals surface area contributed by atoms with Crippen LogP contribution in [0.2, 0.25) is 0 Å². The fraction of sp³-hybridized carbons (Fsp3) is 0.600. The summed E-state index contributed by atoms with van der Waals surface area (Å²) < 4.78 is 5.47. The van der Waals surface area contributed by atoms with Crippen LogP contribution in [0.15, 0.2) is 12.1 Å². The first-order valence-corrected chi connectivity index (χ1v) is 6.80. The van der Waals surface area contributed by atoms with Gasteiger partial charge in [-0.3, -0.25) is 0 Å². The summed E-state index contributed by atoms with van der Waals surface area (Å²) in [7, 11) is 0. The number of aryl methyl sites for hydroxylation is 1. The second-order valence-corrected chi connectivity index (χ2v) is 5.91. The minimum absolute atomic E-state index is 0.516. The van der Waals surface area contributed by atoms with E-state index < -0.39 is 0 Å². The fourth-order valence-electron chi connectivity index (χ4n) is 3.38. The van der Waals surface area contributed by atoms with E-state index >= 15 is 0 Å². The van der Waals surface area contributed by atoms with Gasteiger partial charge in [-0.15, -0.1) is 0 Å². The van der Waals surface area contributed by atoms with Crippen molar-refractivity contribution in [3.8, 4) is 0 Å². The van der Waals surface area contributed by atoms with E-state index in [0.717, 1.165) is 18.9 Å². The normalized spacial score (nSPS) is 22.0. The van der Waals surface area contributed by atoms with E-state index in [9.17, 15) is 0 Å². The molecule has 1 aromatic rings. The first-order valence-electron chi connectivity index (χ1n) is 6.80. The lowest BCUT2D eigenvalue weighted by Crippen LogP contribution is -2.59. The molecule has 98 valence electrons. The second-order valence-electron chi connectivity index (χ2n) is 5.91. The third-order valence-corrected chi connectivity index (χ3v) is 4.60. The molecule has 1 aromatic carbocycles. The summed E-state index contributed by atoms with van der Waals surface area (Å²) in [5.74, 6) is 0. The van der Waals surface area contributed by atoms with E-state index in [1.54, 1.807) is 0 Å². The highest BCUT2D eigenvalue weighted by atomic mass is 16.5. The maximum atomic E-state index is 6.03. The molecule has 3 rings (SSSR count). The highest BCUT2D eigenvalue weighted by Gasteiger charge is 2.44. The number of hydrogen-bond donors (Lipinski definition) is 1. The summed E-state index contributed by atoms with van der Waals surface area (Å²) in [6.07, 6.45) is 2.42. The van der Waals surface area contributed by atoms with Gasteiger partial charge in [-0.05, 0) is 43.9 Å². The standard InChI is InChI=1S/C15H22N2O/c1-11-3-4-13(16)12(2)14(11)17-9-15(10-17)5-7-18-8-6-15/h3-4H,5-10,16H2,1-2H3.